The van der Waals surface area contributed by atoms with Gasteiger partial charge in [0.1, 0.15) is 0 Å². The third-order valence-corrected chi connectivity index (χ3v) is 4.42. The van der Waals surface area contributed by atoms with E-state index in [1.165, 1.54) is 13.1 Å². The normalized spacial score (nSPS) is 17.4. The van der Waals surface area contributed by atoms with E-state index in [9.17, 15) is 9.18 Å². The van der Waals surface area contributed by atoms with Gasteiger partial charge in [-0.05, 0) is 31.9 Å². The topological polar surface area (TPSA) is 44.1 Å². The van der Waals surface area contributed by atoms with Gasteiger partial charge in [0.15, 0.2) is 5.78 Å². The summed E-state index contributed by atoms with van der Waals surface area (Å²) in [5.41, 5.74) is 1.98. The maximum absolute atomic E-state index is 14.1. The van der Waals surface area contributed by atoms with E-state index in [0.717, 1.165) is 18.5 Å². The number of carbonyl (C=O) groups excluding carboxylic acids is 1. The molecule has 0 radical (unpaired) electrons. The Hall–Kier alpha value is -1.72. The van der Waals surface area contributed by atoms with Gasteiger partial charge in [0.05, 0.1) is 33.6 Å². The van der Waals surface area contributed by atoms with Crippen LogP contribution in [0, 0.1) is 5.95 Å². The lowest BCUT2D eigenvalue weighted by Gasteiger charge is -2.26. The molecule has 0 aliphatic carbocycles. The van der Waals surface area contributed by atoms with Gasteiger partial charge in [-0.25, -0.2) is 4.98 Å². The number of ketones is 1. The zero-order chi connectivity index (χ0) is 15.9. The van der Waals surface area contributed by atoms with Crippen molar-refractivity contribution in [3.05, 3.63) is 40.6 Å². The number of ether oxygens (including phenoxy) is 1. The number of fused-ring (bicyclic) bond motifs is 1. The third kappa shape index (κ3) is 2.25. The number of hydrogen-bond acceptors (Lipinski definition) is 3. The zero-order valence-corrected chi connectivity index (χ0v) is 13.2. The minimum absolute atomic E-state index is 0.145. The summed E-state index contributed by atoms with van der Waals surface area (Å²) in [6.45, 7) is 2.14. The number of methoxy groups -OCH3 is 1. The van der Waals surface area contributed by atoms with E-state index in [4.69, 9.17) is 16.3 Å². The molecule has 6 heteroatoms. The minimum Gasteiger partial charge on any atom is -0.375 e. The molecule has 1 aliphatic heterocycles. The van der Waals surface area contributed by atoms with Crippen molar-refractivity contribution in [2.24, 2.45) is 0 Å². The molecule has 0 aromatic carbocycles. The Morgan fingerprint density at radius 2 is 2.32 bits per heavy atom. The van der Waals surface area contributed by atoms with Crippen LogP contribution in [0.25, 0.3) is 11.3 Å². The van der Waals surface area contributed by atoms with E-state index < -0.39 is 5.95 Å². The van der Waals surface area contributed by atoms with Crippen molar-refractivity contribution < 1.29 is 13.9 Å². The van der Waals surface area contributed by atoms with Crippen molar-refractivity contribution in [1.82, 2.24) is 9.55 Å². The van der Waals surface area contributed by atoms with Crippen LogP contribution < -0.4 is 0 Å². The quantitative estimate of drug-likeness (QED) is 0.633. The molecule has 0 N–H and O–H groups in total. The van der Waals surface area contributed by atoms with Gasteiger partial charge in [0.2, 0.25) is 5.95 Å². The van der Waals surface area contributed by atoms with Crippen LogP contribution in [0.4, 0.5) is 4.39 Å². The maximum atomic E-state index is 14.1. The van der Waals surface area contributed by atoms with Crippen LogP contribution in [-0.4, -0.2) is 22.4 Å². The van der Waals surface area contributed by atoms with Crippen LogP contribution in [-0.2, 0) is 11.3 Å². The molecule has 0 bridgehead atoms. The average Bonchev–Trinajstić information content (AvgIpc) is 2.80. The Morgan fingerprint density at radius 1 is 1.55 bits per heavy atom. The SMILES string of the molecule is COC1CCCn2c(-c3cccnc3F)c(Cl)c(C(C)=O)c21. The Morgan fingerprint density at radius 3 is 2.95 bits per heavy atom. The number of halogens is 2. The number of carbonyl (C=O) groups is 1. The summed E-state index contributed by atoms with van der Waals surface area (Å²) in [5, 5.41) is 0.276. The molecular weight excluding hydrogens is 307 g/mol. The van der Waals surface area contributed by atoms with Gasteiger partial charge in [0, 0.05) is 19.9 Å². The van der Waals surface area contributed by atoms with E-state index in [2.05, 4.69) is 4.98 Å². The second-order valence-corrected chi connectivity index (χ2v) is 5.72. The fourth-order valence-electron chi connectivity index (χ4n) is 3.13. The van der Waals surface area contributed by atoms with Crippen LogP contribution in [0.1, 0.15) is 41.9 Å². The number of hydrogen-bond donors (Lipinski definition) is 0. The first-order valence-electron chi connectivity index (χ1n) is 7.12. The van der Waals surface area contributed by atoms with Crippen molar-refractivity contribution in [3.8, 4) is 11.3 Å². The predicted octanol–water partition coefficient (Wildman–Crippen LogP) is 4.03. The number of aromatic nitrogens is 2. The molecule has 116 valence electrons. The molecule has 0 amide bonds. The van der Waals surface area contributed by atoms with Gasteiger partial charge in [-0.3, -0.25) is 4.79 Å². The second-order valence-electron chi connectivity index (χ2n) is 5.34. The molecule has 0 spiro atoms. The van der Waals surface area contributed by atoms with Crippen LogP contribution in [0.15, 0.2) is 18.3 Å². The Labute approximate surface area is 132 Å². The van der Waals surface area contributed by atoms with Crippen LogP contribution in [0.2, 0.25) is 5.02 Å². The van der Waals surface area contributed by atoms with Crippen molar-refractivity contribution in [2.75, 3.05) is 7.11 Å². The molecule has 4 nitrogen and oxygen atoms in total. The van der Waals surface area contributed by atoms with Gasteiger partial charge in [-0.15, -0.1) is 0 Å². The first-order valence-corrected chi connectivity index (χ1v) is 7.50. The largest absolute Gasteiger partial charge is 0.375 e. The molecule has 22 heavy (non-hydrogen) atoms. The second kappa shape index (κ2) is 5.82. The highest BCUT2D eigenvalue weighted by molar-refractivity contribution is 6.36. The number of nitrogens with zero attached hydrogens (tertiary/aromatic N) is 2. The Kier molecular flexibility index (Phi) is 4.02. The molecule has 1 unspecified atom stereocenters. The van der Waals surface area contributed by atoms with Crippen molar-refractivity contribution in [3.63, 3.8) is 0 Å². The lowest BCUT2D eigenvalue weighted by atomic mass is 10.0. The smallest absolute Gasteiger partial charge is 0.222 e. The van der Waals surface area contributed by atoms with Gasteiger partial charge in [-0.1, -0.05) is 11.6 Å². The summed E-state index contributed by atoms with van der Waals surface area (Å²) in [7, 11) is 1.61. The summed E-state index contributed by atoms with van der Waals surface area (Å²) in [5.74, 6) is -0.743. The number of pyridine rings is 1. The molecule has 2 aromatic rings. The highest BCUT2D eigenvalue weighted by Crippen LogP contribution is 2.43. The van der Waals surface area contributed by atoms with E-state index in [1.807, 2.05) is 4.57 Å². The standard InChI is InChI=1S/C16H16ClFN2O2/c1-9(21)12-13(17)14(10-5-3-7-19-16(10)18)20-8-4-6-11(22-2)15(12)20/h3,5,7,11H,4,6,8H2,1-2H3. The first kappa shape index (κ1) is 15.2. The summed E-state index contributed by atoms with van der Waals surface area (Å²) in [6.07, 6.45) is 2.87. The number of Topliss-reactive ketones (excluding diaryl/α,β-unsaturated/α-hetero) is 1. The first-order chi connectivity index (χ1) is 10.6. The predicted molar refractivity (Wildman–Crippen MR) is 81.6 cm³/mol. The molecule has 3 rings (SSSR count). The van der Waals surface area contributed by atoms with Crippen LogP contribution >= 0.6 is 11.6 Å². The monoisotopic (exact) mass is 322 g/mol. The number of rotatable bonds is 3. The summed E-state index contributed by atoms with van der Waals surface area (Å²) in [6, 6.07) is 3.27. The summed E-state index contributed by atoms with van der Waals surface area (Å²) >= 11 is 6.45. The lowest BCUT2D eigenvalue weighted by Crippen LogP contribution is -2.19. The summed E-state index contributed by atoms with van der Waals surface area (Å²) in [4.78, 5) is 15.8. The van der Waals surface area contributed by atoms with Crippen molar-refractivity contribution >= 4 is 17.4 Å². The molecule has 2 aromatic heterocycles. The lowest BCUT2D eigenvalue weighted by molar-refractivity contribution is 0.0741. The molecular formula is C16H16ClFN2O2. The van der Waals surface area contributed by atoms with E-state index >= 15 is 0 Å². The minimum atomic E-state index is -0.598. The molecule has 0 saturated carbocycles. The zero-order valence-electron chi connectivity index (χ0n) is 12.4. The highest BCUT2D eigenvalue weighted by Gasteiger charge is 2.33. The fraction of sp³-hybridized carbons (Fsp3) is 0.375. The molecule has 1 atom stereocenters. The van der Waals surface area contributed by atoms with Gasteiger partial charge in [0.25, 0.3) is 0 Å². The van der Waals surface area contributed by atoms with Crippen molar-refractivity contribution in [2.45, 2.75) is 32.4 Å². The third-order valence-electron chi connectivity index (χ3n) is 4.05. The van der Waals surface area contributed by atoms with Crippen LogP contribution in [0.5, 0.6) is 0 Å². The Bertz CT molecular complexity index is 742. The molecule has 1 aliphatic rings. The van der Waals surface area contributed by atoms with E-state index in [0.29, 0.717) is 23.4 Å². The van der Waals surface area contributed by atoms with E-state index in [1.54, 1.807) is 19.2 Å². The van der Waals surface area contributed by atoms with Gasteiger partial charge in [-0.2, -0.15) is 4.39 Å². The molecule has 0 fully saturated rings. The van der Waals surface area contributed by atoms with E-state index in [-0.39, 0.29) is 16.9 Å². The average molecular weight is 323 g/mol. The van der Waals surface area contributed by atoms with Gasteiger partial charge < -0.3 is 9.30 Å². The molecule has 3 heterocycles. The van der Waals surface area contributed by atoms with Gasteiger partial charge >= 0.3 is 0 Å². The Balaban J connectivity index is 2.33. The van der Waals surface area contributed by atoms with Crippen molar-refractivity contribution in [1.29, 1.82) is 0 Å². The summed E-state index contributed by atoms with van der Waals surface area (Å²) < 4.78 is 21.5. The molecule has 0 saturated heterocycles. The maximum Gasteiger partial charge on any atom is 0.222 e. The van der Waals surface area contributed by atoms with Crippen LogP contribution in [0.3, 0.4) is 0 Å². The fourth-order valence-corrected chi connectivity index (χ4v) is 3.57. The highest BCUT2D eigenvalue weighted by atomic mass is 35.5.